The van der Waals surface area contributed by atoms with Gasteiger partial charge in [0, 0.05) is 37.8 Å². The third kappa shape index (κ3) is 7.14. The Morgan fingerprint density at radius 3 is 2.58 bits per heavy atom. The molecule has 1 atom stereocenters. The van der Waals surface area contributed by atoms with Crippen LogP contribution in [-0.2, 0) is 18.3 Å². The lowest BCUT2D eigenvalue weighted by Crippen LogP contribution is -2.40. The molecule has 1 unspecified atom stereocenters. The average molecular weight is 475 g/mol. The minimum Gasteiger partial charge on any atom is -0.354 e. The number of nitrogens with zero attached hydrogens (tertiary/aromatic N) is 3. The Morgan fingerprint density at radius 1 is 1.21 bits per heavy atom. The number of likely N-dealkylation sites (tertiary alicyclic amines) is 1. The lowest BCUT2D eigenvalue weighted by molar-refractivity contribution is -0.120. The van der Waals surface area contributed by atoms with Crippen molar-refractivity contribution in [2.75, 3.05) is 26.2 Å². The van der Waals surface area contributed by atoms with Crippen LogP contribution in [0, 0.1) is 12.7 Å². The van der Waals surface area contributed by atoms with Crippen LogP contribution in [0.2, 0.25) is 0 Å². The molecule has 1 fully saturated rings. The molecule has 33 heavy (non-hydrogen) atoms. The summed E-state index contributed by atoms with van der Waals surface area (Å²) >= 11 is 1.36. The molecule has 1 aromatic heterocycles. The number of benzene rings is 1. The summed E-state index contributed by atoms with van der Waals surface area (Å²) in [6, 6.07) is 6.16. The molecule has 1 aliphatic heterocycles. The van der Waals surface area contributed by atoms with Crippen molar-refractivity contribution in [1.29, 1.82) is 0 Å². The normalized spacial score (nSPS) is 15.4. The molecule has 1 saturated heterocycles. The first-order valence-electron chi connectivity index (χ1n) is 11.9. The van der Waals surface area contributed by atoms with Crippen LogP contribution in [0.4, 0.5) is 4.39 Å². The van der Waals surface area contributed by atoms with Gasteiger partial charge in [0.25, 0.3) is 5.56 Å². The van der Waals surface area contributed by atoms with Crippen molar-refractivity contribution in [2.45, 2.75) is 62.8 Å². The number of thioether (sulfide) groups is 1. The maximum absolute atomic E-state index is 13.2. The van der Waals surface area contributed by atoms with E-state index in [1.807, 2.05) is 6.92 Å². The van der Waals surface area contributed by atoms with Crippen molar-refractivity contribution in [2.24, 2.45) is 7.05 Å². The van der Waals surface area contributed by atoms with E-state index in [1.165, 1.54) is 47.7 Å². The SMILES string of the molecule is CCCC(Sc1nc(C)c(Cc2ccc(F)cc2)c(=O)n1C)C(=O)NCCN1CCCCC1. The number of aryl methyl sites for hydroxylation is 1. The number of carbonyl (C=O) groups is 1. The highest BCUT2D eigenvalue weighted by atomic mass is 32.2. The minimum atomic E-state index is -0.301. The predicted octanol–water partition coefficient (Wildman–Crippen LogP) is 3.68. The van der Waals surface area contributed by atoms with Crippen LogP contribution in [0.1, 0.15) is 55.8 Å². The average Bonchev–Trinajstić information content (AvgIpc) is 2.81. The molecule has 8 heteroatoms. The highest BCUT2D eigenvalue weighted by molar-refractivity contribution is 8.00. The first kappa shape index (κ1) is 25.4. The van der Waals surface area contributed by atoms with Crippen LogP contribution in [0.5, 0.6) is 0 Å². The molecule has 0 bridgehead atoms. The fraction of sp³-hybridized carbons (Fsp3) is 0.560. The molecule has 0 aliphatic carbocycles. The van der Waals surface area contributed by atoms with E-state index in [2.05, 4.69) is 22.1 Å². The van der Waals surface area contributed by atoms with E-state index in [-0.39, 0.29) is 22.5 Å². The highest BCUT2D eigenvalue weighted by Crippen LogP contribution is 2.25. The van der Waals surface area contributed by atoms with Crippen molar-refractivity contribution in [1.82, 2.24) is 19.8 Å². The maximum Gasteiger partial charge on any atom is 0.257 e. The number of nitrogens with one attached hydrogen (secondary N) is 1. The van der Waals surface area contributed by atoms with Gasteiger partial charge in [-0.25, -0.2) is 9.37 Å². The lowest BCUT2D eigenvalue weighted by atomic mass is 10.1. The summed E-state index contributed by atoms with van der Waals surface area (Å²) < 4.78 is 14.7. The van der Waals surface area contributed by atoms with Crippen LogP contribution in [0.3, 0.4) is 0 Å². The van der Waals surface area contributed by atoms with Crippen molar-refractivity contribution in [3.05, 3.63) is 57.3 Å². The molecule has 0 radical (unpaired) electrons. The predicted molar refractivity (Wildman–Crippen MR) is 131 cm³/mol. The monoisotopic (exact) mass is 474 g/mol. The van der Waals surface area contributed by atoms with E-state index in [4.69, 9.17) is 0 Å². The van der Waals surface area contributed by atoms with Gasteiger partial charge in [0.05, 0.1) is 5.25 Å². The zero-order chi connectivity index (χ0) is 23.8. The summed E-state index contributed by atoms with van der Waals surface area (Å²) in [5, 5.41) is 3.34. The number of piperidine rings is 1. The zero-order valence-corrected chi connectivity index (χ0v) is 20.7. The second-order valence-corrected chi connectivity index (χ2v) is 9.88. The fourth-order valence-corrected chi connectivity index (χ4v) is 5.34. The number of carbonyl (C=O) groups excluding carboxylic acids is 1. The molecule has 6 nitrogen and oxygen atoms in total. The zero-order valence-electron chi connectivity index (χ0n) is 19.9. The second-order valence-electron chi connectivity index (χ2n) is 8.71. The number of aromatic nitrogens is 2. The number of hydrogen-bond acceptors (Lipinski definition) is 5. The molecule has 3 rings (SSSR count). The van der Waals surface area contributed by atoms with E-state index in [1.54, 1.807) is 19.2 Å². The van der Waals surface area contributed by atoms with Gasteiger partial charge in [0.15, 0.2) is 5.16 Å². The van der Waals surface area contributed by atoms with Crippen LogP contribution in [0.15, 0.2) is 34.2 Å². The van der Waals surface area contributed by atoms with Gasteiger partial charge in [-0.15, -0.1) is 0 Å². The Balaban J connectivity index is 1.67. The van der Waals surface area contributed by atoms with E-state index in [9.17, 15) is 14.0 Å². The molecular weight excluding hydrogens is 439 g/mol. The Hall–Kier alpha value is -2.19. The molecule has 1 amide bonds. The summed E-state index contributed by atoms with van der Waals surface area (Å²) in [5.41, 5.74) is 1.96. The first-order chi connectivity index (χ1) is 15.9. The summed E-state index contributed by atoms with van der Waals surface area (Å²) in [4.78, 5) is 33.0. The minimum absolute atomic E-state index is 0.00106. The number of hydrogen-bond donors (Lipinski definition) is 1. The Morgan fingerprint density at radius 2 is 1.91 bits per heavy atom. The van der Waals surface area contributed by atoms with Crippen molar-refractivity contribution in [3.63, 3.8) is 0 Å². The number of rotatable bonds is 10. The van der Waals surface area contributed by atoms with Gasteiger partial charge in [-0.3, -0.25) is 14.2 Å². The van der Waals surface area contributed by atoms with E-state index in [0.29, 0.717) is 35.8 Å². The topological polar surface area (TPSA) is 67.2 Å². The standard InChI is InChI=1S/C25H35FN4O2S/c1-4-8-22(23(31)27-13-16-30-14-6-5-7-15-30)33-25-28-18(2)21(24(32)29(25)3)17-19-9-11-20(26)12-10-19/h9-12,22H,4-8,13-17H2,1-3H3,(H,27,31). The second kappa shape index (κ2) is 12.3. The van der Waals surface area contributed by atoms with Crippen LogP contribution >= 0.6 is 11.8 Å². The molecule has 2 heterocycles. The number of halogens is 1. The first-order valence-corrected chi connectivity index (χ1v) is 12.7. The van der Waals surface area contributed by atoms with Gasteiger partial charge in [-0.1, -0.05) is 43.7 Å². The Kier molecular flexibility index (Phi) is 9.50. The van der Waals surface area contributed by atoms with Crippen molar-refractivity contribution in [3.8, 4) is 0 Å². The third-order valence-electron chi connectivity index (χ3n) is 6.11. The molecule has 1 N–H and O–H groups in total. The van der Waals surface area contributed by atoms with Crippen molar-refractivity contribution < 1.29 is 9.18 Å². The van der Waals surface area contributed by atoms with Gasteiger partial charge in [0.2, 0.25) is 5.91 Å². The maximum atomic E-state index is 13.2. The van der Waals surface area contributed by atoms with E-state index >= 15 is 0 Å². The molecule has 180 valence electrons. The van der Waals surface area contributed by atoms with E-state index < -0.39 is 0 Å². The third-order valence-corrected chi connectivity index (χ3v) is 7.42. The summed E-state index contributed by atoms with van der Waals surface area (Å²) in [7, 11) is 1.70. The largest absolute Gasteiger partial charge is 0.354 e. The molecule has 1 aliphatic rings. The number of amides is 1. The quantitative estimate of drug-likeness (QED) is 0.420. The molecule has 2 aromatic rings. The fourth-order valence-electron chi connectivity index (χ4n) is 4.11. The van der Waals surface area contributed by atoms with Gasteiger partial charge < -0.3 is 10.2 Å². The van der Waals surface area contributed by atoms with Crippen LogP contribution in [-0.4, -0.2) is 51.8 Å². The van der Waals surface area contributed by atoms with Crippen LogP contribution in [0.25, 0.3) is 0 Å². The smallest absolute Gasteiger partial charge is 0.257 e. The summed E-state index contributed by atoms with van der Waals surface area (Å²) in [6.07, 6.45) is 5.74. The van der Waals surface area contributed by atoms with Gasteiger partial charge >= 0.3 is 0 Å². The lowest BCUT2D eigenvalue weighted by Gasteiger charge is -2.26. The summed E-state index contributed by atoms with van der Waals surface area (Å²) in [6.45, 7) is 7.61. The molecule has 0 saturated carbocycles. The Bertz CT molecular complexity index is 987. The molecular formula is C25H35FN4O2S. The van der Waals surface area contributed by atoms with Crippen molar-refractivity contribution >= 4 is 17.7 Å². The van der Waals surface area contributed by atoms with Gasteiger partial charge in [-0.05, 0) is 57.0 Å². The summed E-state index contributed by atoms with van der Waals surface area (Å²) in [5.74, 6) is -0.300. The highest BCUT2D eigenvalue weighted by Gasteiger charge is 2.23. The van der Waals surface area contributed by atoms with E-state index in [0.717, 1.165) is 31.6 Å². The molecule has 1 aromatic carbocycles. The molecule has 0 spiro atoms. The Labute approximate surface area is 200 Å². The van der Waals surface area contributed by atoms with Gasteiger partial charge in [0.1, 0.15) is 5.82 Å². The van der Waals surface area contributed by atoms with Crippen LogP contribution < -0.4 is 10.9 Å². The van der Waals surface area contributed by atoms with Gasteiger partial charge in [-0.2, -0.15) is 0 Å².